The fourth-order valence-electron chi connectivity index (χ4n) is 10.2. The van der Waals surface area contributed by atoms with E-state index in [0.717, 1.165) is 77.5 Å². The van der Waals surface area contributed by atoms with Crippen LogP contribution >= 0.6 is 0 Å². The number of amides is 7. The van der Waals surface area contributed by atoms with E-state index in [4.69, 9.17) is 4.74 Å². The van der Waals surface area contributed by atoms with E-state index in [1.165, 1.54) is 31.2 Å². The van der Waals surface area contributed by atoms with Crippen LogP contribution in [-0.2, 0) is 28.8 Å². The summed E-state index contributed by atoms with van der Waals surface area (Å²) in [4.78, 5) is 102. The molecule has 3 saturated heterocycles. The smallest absolute Gasteiger partial charge is 0.251 e. The number of hydrogen-bond donors (Lipinski definition) is 14. The number of fused-ring (bicyclic) bond motifs is 2. The molecule has 0 aliphatic carbocycles. The molecule has 24 heteroatoms. The van der Waals surface area contributed by atoms with Gasteiger partial charge in [0.15, 0.2) is 6.23 Å². The number of rotatable bonds is 14. The molecule has 0 spiro atoms. The molecule has 24 nitrogen and oxygen atoms in total. The van der Waals surface area contributed by atoms with Gasteiger partial charge in [0, 0.05) is 37.4 Å². The fourth-order valence-corrected chi connectivity index (χ4v) is 10.2. The molecule has 3 heterocycles. The minimum absolute atomic E-state index is 0.00973. The molecule has 0 unspecified atom stereocenters. The van der Waals surface area contributed by atoms with Crippen molar-refractivity contribution >= 4 is 41.4 Å². The van der Waals surface area contributed by atoms with Gasteiger partial charge in [-0.3, -0.25) is 33.6 Å². The van der Waals surface area contributed by atoms with Crippen LogP contribution in [0.4, 0.5) is 0 Å². The predicted molar refractivity (Wildman–Crippen MR) is 293 cm³/mol. The van der Waals surface area contributed by atoms with Crippen molar-refractivity contribution in [1.29, 1.82) is 0 Å². The maximum Gasteiger partial charge on any atom is 0.251 e. The van der Waals surface area contributed by atoms with Crippen molar-refractivity contribution in [3.05, 3.63) is 108 Å². The second-order valence-electron chi connectivity index (χ2n) is 21.3. The molecule has 4 aromatic carbocycles. The van der Waals surface area contributed by atoms with E-state index in [0.29, 0.717) is 12.2 Å². The number of aliphatic hydroxyl groups excluding tert-OH is 8. The number of nitrogens with zero attached hydrogens (tertiary/aromatic N) is 2. The number of aromatic hydroxyl groups is 1. The first-order valence-electron chi connectivity index (χ1n) is 27.3. The first-order valence-corrected chi connectivity index (χ1v) is 27.3. The summed E-state index contributed by atoms with van der Waals surface area (Å²) in [7, 11) is 0. The first kappa shape index (κ1) is 62.1. The van der Waals surface area contributed by atoms with Gasteiger partial charge in [-0.05, 0) is 84.5 Å². The van der Waals surface area contributed by atoms with Crippen molar-refractivity contribution in [1.82, 2.24) is 36.4 Å². The molecular weight excluding hydrogens is 1070 g/mol. The Morgan fingerprint density at radius 1 is 0.634 bits per heavy atom. The molecule has 0 aromatic heterocycles. The van der Waals surface area contributed by atoms with E-state index in [1.807, 2.05) is 48.5 Å². The number of phenols is 1. The molecule has 3 aliphatic heterocycles. The topological polar surface area (TPSA) is 377 Å². The standard InChI is InChI=1S/C58H73N7O17/c1-5-6-7-24-82-40-22-18-35(19-23-40)33-10-8-32(9-11-33)34-12-14-37(15-13-34)51(74)59-41-26-43(70)54(77)63-56(79)47-48(71)29(2)27-65(47)58(81)45(31(4)67)61-55(78)46(50(73)49(72)36-16-20-38(68)21-17-36)62-53(76)42-25-39(69)28-64(42)57(80)44(30(3)66)60-52(41)75/h8-23,29-31,39,41-50,54,66-73,77H,5-7,24-28H2,1-4H3,(H,59,74)(H,60,75)(H,61,78)(H,62,76)(H,63,79)/t29-,30+,31+,39+,41-,42-,43+,44-,45-,46-,47-,48-,49-,50-,54+/m0/s1/i51+2. The summed E-state index contributed by atoms with van der Waals surface area (Å²) in [5.41, 5.74) is 3.37. The van der Waals surface area contributed by atoms with Crippen molar-refractivity contribution in [3.63, 3.8) is 0 Å². The van der Waals surface area contributed by atoms with Gasteiger partial charge in [0.1, 0.15) is 66.1 Å². The third-order valence-corrected chi connectivity index (χ3v) is 15.0. The Hall–Kier alpha value is -7.55. The molecule has 0 saturated carbocycles. The van der Waals surface area contributed by atoms with E-state index in [9.17, 15) is 79.5 Å². The third-order valence-electron chi connectivity index (χ3n) is 15.0. The molecule has 4 aromatic rings. The van der Waals surface area contributed by atoms with E-state index in [2.05, 4.69) is 33.5 Å². The average Bonchev–Trinajstić information content (AvgIpc) is 4.06. The lowest BCUT2D eigenvalue weighted by Crippen LogP contribution is -2.64. The van der Waals surface area contributed by atoms with Crippen LogP contribution in [0.25, 0.3) is 22.3 Å². The van der Waals surface area contributed by atoms with Crippen LogP contribution in [0.1, 0.15) is 81.8 Å². The quantitative estimate of drug-likeness (QED) is 0.0679. The number of unbranched alkanes of at least 4 members (excludes halogenated alkanes) is 2. The summed E-state index contributed by atoms with van der Waals surface area (Å²) >= 11 is 0. The second kappa shape index (κ2) is 27.5. The van der Waals surface area contributed by atoms with Gasteiger partial charge >= 0.3 is 0 Å². The van der Waals surface area contributed by atoms with Gasteiger partial charge in [-0.15, -0.1) is 0 Å². The third kappa shape index (κ3) is 14.7. The molecule has 442 valence electrons. The van der Waals surface area contributed by atoms with Crippen LogP contribution in [0.3, 0.4) is 0 Å². The Morgan fingerprint density at radius 3 is 1.72 bits per heavy atom. The maximum absolute atomic E-state index is 14.5. The van der Waals surface area contributed by atoms with Gasteiger partial charge in [0.05, 0.1) is 31.0 Å². The van der Waals surface area contributed by atoms with E-state index >= 15 is 0 Å². The Morgan fingerprint density at radius 2 is 1.16 bits per heavy atom. The SMILES string of the molecule is CCCCCOc1ccc(-c2ccc(-c3ccc([14C](=O)N[C@H]4C[C@@H](O)[C@@H](O)NC(=O)[C@@H]5[C@@H](O)[C@@H](C)CN5C(=O)[C@H]([C@@H](C)O)NC(=O)[C@H]([C@H](O)[C@@H](O)c5ccc(O)cc5)NC(=O)[C@@H]5C[C@@H](O)CN5C(=O)[C@H]([C@@H](C)O)NC4=O)cc3)cc2)cc1. The number of hydrogen-bond acceptors (Lipinski definition) is 17. The molecular formula is C58H73N7O17. The number of phenolic OH excluding ortho intramolecular Hbond substituents is 1. The van der Waals surface area contributed by atoms with Gasteiger partial charge < -0.3 is 87.1 Å². The Labute approximate surface area is 473 Å². The molecule has 3 aliphatic rings. The number of carbonyl (C=O) groups is 7. The zero-order valence-corrected chi connectivity index (χ0v) is 45.7. The Kier molecular flexibility index (Phi) is 20.8. The lowest BCUT2D eigenvalue weighted by atomic mass is 9.96. The maximum atomic E-state index is 14.5. The predicted octanol–water partition coefficient (Wildman–Crippen LogP) is -0.927. The highest BCUT2D eigenvalue weighted by atomic mass is 16.5. The second-order valence-corrected chi connectivity index (χ2v) is 21.3. The minimum Gasteiger partial charge on any atom is -0.508 e. The molecule has 7 rings (SSSR count). The van der Waals surface area contributed by atoms with Gasteiger partial charge in [0.2, 0.25) is 35.4 Å². The van der Waals surface area contributed by atoms with Crippen molar-refractivity contribution < 1.29 is 84.3 Å². The van der Waals surface area contributed by atoms with Gasteiger partial charge in [-0.1, -0.05) is 87.4 Å². The van der Waals surface area contributed by atoms with E-state index in [-0.39, 0.29) is 23.4 Å². The molecule has 0 radical (unpaired) electrons. The van der Waals surface area contributed by atoms with Gasteiger partial charge in [-0.25, -0.2) is 0 Å². The number of ether oxygens (including phenoxy) is 1. The van der Waals surface area contributed by atoms with E-state index in [1.54, 1.807) is 12.1 Å². The van der Waals surface area contributed by atoms with Crippen LogP contribution in [-0.4, -0.2) is 196 Å². The molecule has 82 heavy (non-hydrogen) atoms. The number of nitrogens with one attached hydrogen (secondary N) is 5. The fraction of sp³-hybridized carbons (Fsp3) is 0.466. The van der Waals surface area contributed by atoms with Crippen molar-refractivity contribution in [2.24, 2.45) is 5.92 Å². The van der Waals surface area contributed by atoms with Crippen LogP contribution in [0, 0.1) is 5.92 Å². The normalized spacial score (nSPS) is 27.5. The van der Waals surface area contributed by atoms with Crippen molar-refractivity contribution in [2.75, 3.05) is 19.7 Å². The van der Waals surface area contributed by atoms with Crippen LogP contribution < -0.4 is 31.3 Å². The van der Waals surface area contributed by atoms with Crippen molar-refractivity contribution in [2.45, 2.75) is 145 Å². The average molecular weight is 1140 g/mol. The van der Waals surface area contributed by atoms with Gasteiger partial charge in [0.25, 0.3) is 5.91 Å². The summed E-state index contributed by atoms with van der Waals surface area (Å²) in [5.74, 6) is -8.67. The summed E-state index contributed by atoms with van der Waals surface area (Å²) in [5, 5.41) is 111. The van der Waals surface area contributed by atoms with Crippen LogP contribution in [0.5, 0.6) is 11.5 Å². The molecule has 15 atom stereocenters. The number of carbonyl (C=O) groups excluding carboxylic acids is 7. The molecule has 3 fully saturated rings. The summed E-state index contributed by atoms with van der Waals surface area (Å²) in [6, 6.07) is 14.7. The Balaban J connectivity index is 1.18. The zero-order chi connectivity index (χ0) is 59.7. The Bertz CT molecular complexity index is 2880. The minimum atomic E-state index is -2.29. The lowest BCUT2D eigenvalue weighted by molar-refractivity contribution is -0.148. The molecule has 0 bridgehead atoms. The monoisotopic (exact) mass is 1140 g/mol. The van der Waals surface area contributed by atoms with Crippen molar-refractivity contribution in [3.8, 4) is 33.8 Å². The highest BCUT2D eigenvalue weighted by Gasteiger charge is 2.50. The summed E-state index contributed by atoms with van der Waals surface area (Å²) in [6.07, 6.45) is -13.6. The summed E-state index contributed by atoms with van der Waals surface area (Å²) < 4.78 is 5.84. The zero-order valence-electron chi connectivity index (χ0n) is 45.7. The van der Waals surface area contributed by atoms with Crippen LogP contribution in [0.15, 0.2) is 97.1 Å². The first-order chi connectivity index (χ1) is 39.0. The summed E-state index contributed by atoms with van der Waals surface area (Å²) in [6.45, 7) is 5.47. The van der Waals surface area contributed by atoms with Gasteiger partial charge in [-0.2, -0.15) is 0 Å². The molecule has 7 amide bonds. The number of aliphatic hydroxyl groups is 8. The van der Waals surface area contributed by atoms with Crippen LogP contribution in [0.2, 0.25) is 0 Å². The lowest BCUT2D eigenvalue weighted by Gasteiger charge is -2.34. The highest BCUT2D eigenvalue weighted by Crippen LogP contribution is 2.30. The molecule has 14 N–H and O–H groups in total. The highest BCUT2D eigenvalue weighted by molar-refractivity contribution is 6.00. The largest absolute Gasteiger partial charge is 0.508 e. The van der Waals surface area contributed by atoms with E-state index < -0.39 is 152 Å². The number of benzene rings is 4.